The van der Waals surface area contributed by atoms with Crippen LogP contribution in [0.1, 0.15) is 24.0 Å². The number of sulfonamides is 1. The lowest BCUT2D eigenvalue weighted by molar-refractivity contribution is 0.114. The largest absolute Gasteiger partial charge is 0.377 e. The predicted octanol–water partition coefficient (Wildman–Crippen LogP) is 2.49. The molecule has 0 amide bonds. The number of benzene rings is 2. The first-order chi connectivity index (χ1) is 14.9. The average molecular weight is 449 g/mol. The molecule has 7 nitrogen and oxygen atoms in total. The second kappa shape index (κ2) is 10.7. The maximum absolute atomic E-state index is 13.1. The van der Waals surface area contributed by atoms with E-state index in [4.69, 9.17) is 4.74 Å². The van der Waals surface area contributed by atoms with Crippen molar-refractivity contribution in [1.82, 2.24) is 14.9 Å². The molecule has 0 bridgehead atoms. The Balaban J connectivity index is 1.52. The number of nitrogens with one attached hydrogen (secondary N) is 2. The summed E-state index contributed by atoms with van der Waals surface area (Å²) in [5.74, 6) is 0.417. The van der Waals surface area contributed by atoms with Crippen molar-refractivity contribution in [3.63, 3.8) is 0 Å². The van der Waals surface area contributed by atoms with Crippen LogP contribution in [0.25, 0.3) is 0 Å². The molecule has 0 saturated carbocycles. The van der Waals surface area contributed by atoms with Crippen LogP contribution in [0.5, 0.6) is 0 Å². The molecule has 1 aliphatic heterocycles. The van der Waals surface area contributed by atoms with Crippen LogP contribution in [0, 0.1) is 5.82 Å². The fourth-order valence-electron chi connectivity index (χ4n) is 3.38. The first kappa shape index (κ1) is 23.2. The van der Waals surface area contributed by atoms with Gasteiger partial charge in [-0.3, -0.25) is 4.99 Å². The highest BCUT2D eigenvalue weighted by Gasteiger charge is 2.20. The highest BCUT2D eigenvalue weighted by molar-refractivity contribution is 7.89. The average Bonchev–Trinajstić information content (AvgIpc) is 3.29. The first-order valence-electron chi connectivity index (χ1n) is 10.2. The maximum Gasteiger partial charge on any atom is 0.240 e. The number of hydrogen-bond acceptors (Lipinski definition) is 4. The maximum atomic E-state index is 13.1. The van der Waals surface area contributed by atoms with E-state index in [2.05, 4.69) is 15.0 Å². The topological polar surface area (TPSA) is 83.0 Å². The molecule has 0 aliphatic carbocycles. The fraction of sp³-hybridized carbons (Fsp3) is 0.409. The minimum Gasteiger partial charge on any atom is -0.377 e. The summed E-state index contributed by atoms with van der Waals surface area (Å²) in [4.78, 5) is 6.44. The summed E-state index contributed by atoms with van der Waals surface area (Å²) in [7, 11) is 0.0296. The molecule has 2 aromatic rings. The lowest BCUT2D eigenvalue weighted by Gasteiger charge is -2.22. The van der Waals surface area contributed by atoms with E-state index >= 15 is 0 Å². The SMILES string of the molecule is CN=C(NCc1ccc(S(=O)(=O)NCC2CCCO2)cc1)N(C)Cc1ccc(F)cc1. The molecule has 0 spiro atoms. The van der Waals surface area contributed by atoms with Crippen LogP contribution in [0.4, 0.5) is 4.39 Å². The van der Waals surface area contributed by atoms with Crippen molar-refractivity contribution in [2.75, 3.05) is 27.2 Å². The van der Waals surface area contributed by atoms with Crippen LogP contribution < -0.4 is 10.0 Å². The summed E-state index contributed by atoms with van der Waals surface area (Å²) < 4.78 is 46.1. The summed E-state index contributed by atoms with van der Waals surface area (Å²) >= 11 is 0. The van der Waals surface area contributed by atoms with Gasteiger partial charge in [-0.15, -0.1) is 0 Å². The molecule has 0 aromatic heterocycles. The molecule has 2 N–H and O–H groups in total. The lowest BCUT2D eigenvalue weighted by atomic mass is 10.2. The van der Waals surface area contributed by atoms with Crippen LogP contribution >= 0.6 is 0 Å². The van der Waals surface area contributed by atoms with Gasteiger partial charge in [-0.25, -0.2) is 17.5 Å². The van der Waals surface area contributed by atoms with E-state index < -0.39 is 10.0 Å². The molecule has 9 heteroatoms. The number of hydrogen-bond donors (Lipinski definition) is 2. The molecule has 168 valence electrons. The molecule has 1 atom stereocenters. The monoisotopic (exact) mass is 448 g/mol. The van der Waals surface area contributed by atoms with Gasteiger partial charge in [0.1, 0.15) is 5.82 Å². The molecule has 1 aliphatic rings. The second-order valence-electron chi connectivity index (χ2n) is 7.51. The summed E-state index contributed by atoms with van der Waals surface area (Å²) in [6.07, 6.45) is 1.80. The van der Waals surface area contributed by atoms with E-state index in [1.54, 1.807) is 43.4 Å². The smallest absolute Gasteiger partial charge is 0.240 e. The van der Waals surface area contributed by atoms with Crippen molar-refractivity contribution in [1.29, 1.82) is 0 Å². The zero-order chi connectivity index (χ0) is 22.3. The van der Waals surface area contributed by atoms with Crippen molar-refractivity contribution >= 4 is 16.0 Å². The molecule has 31 heavy (non-hydrogen) atoms. The molecular formula is C22H29FN4O3S. The van der Waals surface area contributed by atoms with Crippen LogP contribution in [-0.2, 0) is 27.8 Å². The van der Waals surface area contributed by atoms with E-state index in [-0.39, 0.29) is 16.8 Å². The normalized spacial score (nSPS) is 17.0. The van der Waals surface area contributed by atoms with E-state index in [0.29, 0.717) is 32.2 Å². The van der Waals surface area contributed by atoms with Crippen LogP contribution in [0.15, 0.2) is 58.4 Å². The van der Waals surface area contributed by atoms with E-state index in [9.17, 15) is 12.8 Å². The minimum atomic E-state index is -3.56. The van der Waals surface area contributed by atoms with Gasteiger partial charge >= 0.3 is 0 Å². The predicted molar refractivity (Wildman–Crippen MR) is 119 cm³/mol. The van der Waals surface area contributed by atoms with Gasteiger partial charge < -0.3 is 15.0 Å². The van der Waals surface area contributed by atoms with Gasteiger partial charge in [-0.05, 0) is 48.2 Å². The van der Waals surface area contributed by atoms with E-state index in [1.807, 2.05) is 11.9 Å². The Morgan fingerprint density at radius 3 is 2.45 bits per heavy atom. The minimum absolute atomic E-state index is 0.0445. The number of guanidine groups is 1. The summed E-state index contributed by atoms with van der Waals surface area (Å²) in [5, 5.41) is 3.26. The zero-order valence-electron chi connectivity index (χ0n) is 17.8. The van der Waals surface area contributed by atoms with Crippen molar-refractivity contribution < 1.29 is 17.5 Å². The molecule has 0 radical (unpaired) electrons. The summed E-state index contributed by atoms with van der Waals surface area (Å²) in [6.45, 7) is 2.05. The Bertz CT molecular complexity index is 973. The van der Waals surface area contributed by atoms with Crippen LogP contribution in [0.2, 0.25) is 0 Å². The molecule has 1 heterocycles. The number of aliphatic imine (C=N–C) groups is 1. The highest BCUT2D eigenvalue weighted by Crippen LogP contribution is 2.14. The summed E-state index contributed by atoms with van der Waals surface area (Å²) in [5.41, 5.74) is 1.89. The van der Waals surface area contributed by atoms with Crippen LogP contribution in [0.3, 0.4) is 0 Å². The number of ether oxygens (including phenoxy) is 1. The van der Waals surface area contributed by atoms with Crippen molar-refractivity contribution in [3.05, 3.63) is 65.5 Å². The van der Waals surface area contributed by atoms with Gasteiger partial charge in [0.15, 0.2) is 5.96 Å². The number of nitrogens with zero attached hydrogens (tertiary/aromatic N) is 2. The molecule has 1 unspecified atom stereocenters. The van der Waals surface area contributed by atoms with Crippen molar-refractivity contribution in [2.45, 2.75) is 36.9 Å². The number of rotatable bonds is 8. The third kappa shape index (κ3) is 6.75. The van der Waals surface area contributed by atoms with Crippen molar-refractivity contribution in [2.24, 2.45) is 4.99 Å². The third-order valence-electron chi connectivity index (χ3n) is 5.12. The van der Waals surface area contributed by atoms with Gasteiger partial charge in [-0.1, -0.05) is 24.3 Å². The van der Waals surface area contributed by atoms with Gasteiger partial charge in [-0.2, -0.15) is 0 Å². The number of halogens is 1. The van der Waals surface area contributed by atoms with Crippen LogP contribution in [-0.4, -0.2) is 52.6 Å². The highest BCUT2D eigenvalue weighted by atomic mass is 32.2. The fourth-order valence-corrected chi connectivity index (χ4v) is 4.45. The third-order valence-corrected chi connectivity index (χ3v) is 6.56. The molecule has 1 fully saturated rings. The second-order valence-corrected chi connectivity index (χ2v) is 9.28. The standard InChI is InChI=1S/C22H29FN4O3S/c1-24-22(27(2)16-18-5-9-19(23)10-6-18)25-14-17-7-11-21(12-8-17)31(28,29)26-15-20-4-3-13-30-20/h5-12,20,26H,3-4,13-16H2,1-2H3,(H,24,25). The molecule has 3 rings (SSSR count). The Hall–Kier alpha value is -2.49. The zero-order valence-corrected chi connectivity index (χ0v) is 18.7. The van der Waals surface area contributed by atoms with Gasteiger partial charge in [0, 0.05) is 40.3 Å². The summed E-state index contributed by atoms with van der Waals surface area (Å²) in [6, 6.07) is 13.1. The Labute approximate surface area is 183 Å². The Kier molecular flexibility index (Phi) is 8.00. The quantitative estimate of drug-likeness (QED) is 0.479. The Morgan fingerprint density at radius 1 is 1.16 bits per heavy atom. The van der Waals surface area contributed by atoms with Gasteiger partial charge in [0.2, 0.25) is 10.0 Å². The van der Waals surface area contributed by atoms with Gasteiger partial charge in [0.05, 0.1) is 11.0 Å². The van der Waals surface area contributed by atoms with Gasteiger partial charge in [0.25, 0.3) is 0 Å². The Morgan fingerprint density at radius 2 is 1.84 bits per heavy atom. The van der Waals surface area contributed by atoms with E-state index in [1.165, 1.54) is 12.1 Å². The van der Waals surface area contributed by atoms with Crippen molar-refractivity contribution in [3.8, 4) is 0 Å². The molecule has 2 aromatic carbocycles. The molecular weight excluding hydrogens is 419 g/mol. The lowest BCUT2D eigenvalue weighted by Crippen LogP contribution is -2.38. The first-order valence-corrected chi connectivity index (χ1v) is 11.7. The molecule has 1 saturated heterocycles. The van der Waals surface area contributed by atoms with E-state index in [0.717, 1.165) is 24.0 Å².